The highest BCUT2D eigenvalue weighted by Gasteiger charge is 2.20. The number of hydrazine groups is 1. The number of hydrogen-bond acceptors (Lipinski definition) is 4. The smallest absolute Gasteiger partial charge is 0.269 e. The van der Waals surface area contributed by atoms with Gasteiger partial charge in [-0.1, -0.05) is 37.1 Å². The number of anilines is 1. The van der Waals surface area contributed by atoms with Crippen molar-refractivity contribution in [2.75, 3.05) is 12.0 Å². The van der Waals surface area contributed by atoms with E-state index in [1.54, 1.807) is 6.07 Å². The van der Waals surface area contributed by atoms with E-state index in [9.17, 15) is 4.79 Å². The van der Waals surface area contributed by atoms with Crippen LogP contribution >= 0.6 is 0 Å². The fraction of sp³-hybridized carbons (Fsp3) is 0.375. The Morgan fingerprint density at radius 2 is 2.14 bits per heavy atom. The molecule has 1 fully saturated rings. The Kier molecular flexibility index (Phi) is 4.01. The van der Waals surface area contributed by atoms with Crippen molar-refractivity contribution < 1.29 is 4.79 Å². The maximum absolute atomic E-state index is 12.2. The second-order valence-corrected chi connectivity index (χ2v) is 5.56. The van der Waals surface area contributed by atoms with E-state index in [0.29, 0.717) is 18.1 Å². The number of nitrogens with two attached hydrogens (primary N) is 1. The van der Waals surface area contributed by atoms with Crippen LogP contribution in [0.2, 0.25) is 0 Å². The van der Waals surface area contributed by atoms with Crippen molar-refractivity contribution in [3.05, 3.63) is 36.0 Å². The van der Waals surface area contributed by atoms with Gasteiger partial charge in [-0.15, -0.1) is 0 Å². The molecule has 0 spiro atoms. The van der Waals surface area contributed by atoms with Gasteiger partial charge in [0, 0.05) is 11.9 Å². The van der Waals surface area contributed by atoms with Gasteiger partial charge in [0.25, 0.3) is 5.91 Å². The Morgan fingerprint density at radius 1 is 1.33 bits per heavy atom. The molecule has 0 unspecified atom stereocenters. The van der Waals surface area contributed by atoms with Gasteiger partial charge in [-0.3, -0.25) is 4.79 Å². The summed E-state index contributed by atoms with van der Waals surface area (Å²) in [6, 6.07) is 9.52. The van der Waals surface area contributed by atoms with E-state index in [-0.39, 0.29) is 5.91 Å². The molecule has 1 saturated carbocycles. The minimum atomic E-state index is -0.145. The van der Waals surface area contributed by atoms with Crippen molar-refractivity contribution in [3.63, 3.8) is 0 Å². The van der Waals surface area contributed by atoms with Crippen LogP contribution < -0.4 is 16.6 Å². The molecular formula is C16H20N4O. The molecule has 3 rings (SSSR count). The molecule has 1 aliphatic rings. The molecule has 5 nitrogen and oxygen atoms in total. The predicted molar refractivity (Wildman–Crippen MR) is 83.8 cm³/mol. The number of fused-ring (bicyclic) bond motifs is 1. The van der Waals surface area contributed by atoms with Crippen LogP contribution in [0.5, 0.6) is 0 Å². The Bertz CT molecular complexity index is 652. The van der Waals surface area contributed by atoms with Crippen LogP contribution in [0.15, 0.2) is 30.3 Å². The Hall–Kier alpha value is -2.14. The van der Waals surface area contributed by atoms with Gasteiger partial charge >= 0.3 is 0 Å². The summed E-state index contributed by atoms with van der Waals surface area (Å²) in [5.74, 6) is 6.78. The summed E-state index contributed by atoms with van der Waals surface area (Å²) in [6.45, 7) is 0.704. The number of nitrogen functional groups attached to an aromatic ring is 1. The topological polar surface area (TPSA) is 80.0 Å². The largest absolute Gasteiger partial charge is 0.351 e. The molecule has 1 aliphatic carbocycles. The van der Waals surface area contributed by atoms with Crippen LogP contribution in [0.25, 0.3) is 10.8 Å². The third-order valence-corrected chi connectivity index (χ3v) is 3.88. The first kappa shape index (κ1) is 13.8. The number of nitrogens with zero attached hydrogens (tertiary/aromatic N) is 1. The SMILES string of the molecule is NNc1nc(C(=O)NCCCC2CC2)cc2ccccc12. The molecule has 0 bridgehead atoms. The predicted octanol–water partition coefficient (Wildman–Crippen LogP) is 2.44. The van der Waals surface area contributed by atoms with E-state index < -0.39 is 0 Å². The number of aromatic nitrogens is 1. The van der Waals surface area contributed by atoms with Gasteiger partial charge in [-0.2, -0.15) is 0 Å². The molecule has 1 aromatic heterocycles. The molecule has 5 heteroatoms. The van der Waals surface area contributed by atoms with E-state index in [0.717, 1.165) is 23.1 Å². The molecule has 0 aliphatic heterocycles. The van der Waals surface area contributed by atoms with Crippen molar-refractivity contribution in [3.8, 4) is 0 Å². The summed E-state index contributed by atoms with van der Waals surface area (Å²) >= 11 is 0. The van der Waals surface area contributed by atoms with E-state index in [2.05, 4.69) is 15.7 Å². The summed E-state index contributed by atoms with van der Waals surface area (Å²) in [7, 11) is 0. The van der Waals surface area contributed by atoms with Crippen LogP contribution in [-0.4, -0.2) is 17.4 Å². The van der Waals surface area contributed by atoms with Crippen LogP contribution in [0.4, 0.5) is 5.82 Å². The normalized spacial score (nSPS) is 14.1. The Morgan fingerprint density at radius 3 is 2.90 bits per heavy atom. The van der Waals surface area contributed by atoms with E-state index >= 15 is 0 Å². The number of benzene rings is 1. The standard InChI is InChI=1S/C16H20N4O/c17-20-15-13-6-2-1-5-12(13)10-14(19-15)16(21)18-9-3-4-11-7-8-11/h1-2,5-6,10-11H,3-4,7-9,17H2,(H,18,21)(H,19,20). The van der Waals surface area contributed by atoms with Gasteiger partial charge in [-0.25, -0.2) is 10.8 Å². The zero-order valence-electron chi connectivity index (χ0n) is 11.9. The zero-order chi connectivity index (χ0) is 14.7. The lowest BCUT2D eigenvalue weighted by Gasteiger charge is -2.09. The van der Waals surface area contributed by atoms with E-state index in [1.165, 1.54) is 19.3 Å². The maximum Gasteiger partial charge on any atom is 0.269 e. The highest BCUT2D eigenvalue weighted by atomic mass is 16.1. The van der Waals surface area contributed by atoms with Crippen LogP contribution in [0.1, 0.15) is 36.2 Å². The van der Waals surface area contributed by atoms with Gasteiger partial charge in [0.05, 0.1) is 0 Å². The van der Waals surface area contributed by atoms with Crippen LogP contribution in [0, 0.1) is 5.92 Å². The van der Waals surface area contributed by atoms with Gasteiger partial charge in [-0.05, 0) is 30.2 Å². The molecule has 1 aromatic carbocycles. The first-order chi connectivity index (χ1) is 10.3. The van der Waals surface area contributed by atoms with Crippen molar-refractivity contribution >= 4 is 22.5 Å². The van der Waals surface area contributed by atoms with Gasteiger partial charge in [0.1, 0.15) is 11.5 Å². The second-order valence-electron chi connectivity index (χ2n) is 5.56. The third-order valence-electron chi connectivity index (χ3n) is 3.88. The van der Waals surface area contributed by atoms with Crippen molar-refractivity contribution in [2.24, 2.45) is 11.8 Å². The molecule has 0 saturated heterocycles. The summed E-state index contributed by atoms with van der Waals surface area (Å²) in [6.07, 6.45) is 4.95. The molecule has 4 N–H and O–H groups in total. The lowest BCUT2D eigenvalue weighted by Crippen LogP contribution is -2.26. The first-order valence-electron chi connectivity index (χ1n) is 7.42. The van der Waals surface area contributed by atoms with E-state index in [1.807, 2.05) is 24.3 Å². The summed E-state index contributed by atoms with van der Waals surface area (Å²) in [5.41, 5.74) is 2.96. The number of nitrogens with one attached hydrogen (secondary N) is 2. The minimum absolute atomic E-state index is 0.145. The monoisotopic (exact) mass is 284 g/mol. The number of rotatable bonds is 6. The Balaban J connectivity index is 1.71. The molecule has 2 aromatic rings. The van der Waals surface area contributed by atoms with Crippen molar-refractivity contribution in [2.45, 2.75) is 25.7 Å². The first-order valence-corrected chi connectivity index (χ1v) is 7.42. The number of pyridine rings is 1. The molecule has 21 heavy (non-hydrogen) atoms. The summed E-state index contributed by atoms with van der Waals surface area (Å²) < 4.78 is 0. The lowest BCUT2D eigenvalue weighted by molar-refractivity contribution is 0.0948. The molecule has 1 amide bonds. The molecule has 1 heterocycles. The number of carbonyl (C=O) groups is 1. The summed E-state index contributed by atoms with van der Waals surface area (Å²) in [5, 5.41) is 4.78. The lowest BCUT2D eigenvalue weighted by atomic mass is 10.1. The van der Waals surface area contributed by atoms with Crippen molar-refractivity contribution in [1.82, 2.24) is 10.3 Å². The quantitative estimate of drug-likeness (QED) is 0.432. The van der Waals surface area contributed by atoms with E-state index in [4.69, 9.17) is 5.84 Å². The van der Waals surface area contributed by atoms with Gasteiger partial charge in [0.2, 0.25) is 0 Å². The number of hydrogen-bond donors (Lipinski definition) is 3. The molecular weight excluding hydrogens is 264 g/mol. The fourth-order valence-electron chi connectivity index (χ4n) is 2.51. The molecule has 0 atom stereocenters. The number of amides is 1. The zero-order valence-corrected chi connectivity index (χ0v) is 11.9. The highest BCUT2D eigenvalue weighted by molar-refractivity contribution is 6.00. The van der Waals surface area contributed by atoms with Gasteiger partial charge in [0.15, 0.2) is 0 Å². The third kappa shape index (κ3) is 3.31. The average molecular weight is 284 g/mol. The molecule has 110 valence electrons. The average Bonchev–Trinajstić information content (AvgIpc) is 3.34. The van der Waals surface area contributed by atoms with Gasteiger partial charge < -0.3 is 10.7 Å². The van der Waals surface area contributed by atoms with Crippen molar-refractivity contribution in [1.29, 1.82) is 0 Å². The highest BCUT2D eigenvalue weighted by Crippen LogP contribution is 2.33. The Labute approximate surface area is 123 Å². The van der Waals surface area contributed by atoms with Crippen LogP contribution in [-0.2, 0) is 0 Å². The fourth-order valence-corrected chi connectivity index (χ4v) is 2.51. The minimum Gasteiger partial charge on any atom is -0.351 e. The number of carbonyl (C=O) groups excluding carboxylic acids is 1. The second kappa shape index (κ2) is 6.10. The van der Waals surface area contributed by atoms with Crippen LogP contribution in [0.3, 0.4) is 0 Å². The summed E-state index contributed by atoms with van der Waals surface area (Å²) in [4.78, 5) is 16.5. The molecule has 0 radical (unpaired) electrons. The maximum atomic E-state index is 12.2.